The van der Waals surface area contributed by atoms with Gasteiger partial charge in [0, 0.05) is 29.4 Å². The third-order valence-corrected chi connectivity index (χ3v) is 6.36. The minimum absolute atomic E-state index is 0.0320. The van der Waals surface area contributed by atoms with Crippen LogP contribution in [0.3, 0.4) is 0 Å². The molecule has 4 aromatic rings. The molecular weight excluding hydrogens is 493 g/mol. The molecule has 0 unspecified atom stereocenters. The van der Waals surface area contributed by atoms with E-state index in [2.05, 4.69) is 9.72 Å². The molecule has 0 saturated heterocycles. The summed E-state index contributed by atoms with van der Waals surface area (Å²) in [6.45, 7) is -0.0364. The van der Waals surface area contributed by atoms with Gasteiger partial charge in [0.1, 0.15) is 28.5 Å². The fraction of sp³-hybridized carbons (Fsp3) is 0.125. The van der Waals surface area contributed by atoms with Crippen LogP contribution in [0.25, 0.3) is 22.3 Å². The van der Waals surface area contributed by atoms with Crippen LogP contribution >= 0.6 is 0 Å². The maximum atomic E-state index is 13.5. The number of ether oxygens (including phenoxy) is 2. The van der Waals surface area contributed by atoms with E-state index < -0.39 is 27.9 Å². The fourth-order valence-corrected chi connectivity index (χ4v) is 4.54. The molecule has 0 radical (unpaired) electrons. The number of aromatic nitrogens is 1. The van der Waals surface area contributed by atoms with E-state index >= 15 is 0 Å². The van der Waals surface area contributed by atoms with E-state index in [4.69, 9.17) is 14.9 Å². The second-order valence-corrected chi connectivity index (χ2v) is 9.57. The van der Waals surface area contributed by atoms with Crippen molar-refractivity contribution in [1.82, 2.24) is 4.98 Å². The van der Waals surface area contributed by atoms with Gasteiger partial charge in [0.25, 0.3) is 0 Å². The number of nitrogens with zero attached hydrogens (tertiary/aromatic N) is 2. The Balaban J connectivity index is 1.95. The molecule has 0 atom stereocenters. The Hall–Kier alpha value is -4.45. The molecule has 0 aliphatic carbocycles. The van der Waals surface area contributed by atoms with Crippen LogP contribution in [-0.4, -0.2) is 38.8 Å². The van der Waals surface area contributed by atoms with Crippen molar-refractivity contribution in [3.05, 3.63) is 77.9 Å². The Bertz CT molecular complexity index is 1550. The zero-order valence-electron chi connectivity index (χ0n) is 19.1. The Kier molecular flexibility index (Phi) is 6.62. The van der Waals surface area contributed by atoms with Crippen LogP contribution in [0, 0.1) is 5.82 Å². The molecule has 10 nitrogen and oxygen atoms in total. The van der Waals surface area contributed by atoms with E-state index in [0.29, 0.717) is 11.1 Å². The lowest BCUT2D eigenvalue weighted by molar-refractivity contribution is 0.0640. The van der Waals surface area contributed by atoms with Gasteiger partial charge in [-0.3, -0.25) is 9.29 Å². The lowest BCUT2D eigenvalue weighted by Crippen LogP contribution is -2.29. The minimum atomic E-state index is -3.81. The van der Waals surface area contributed by atoms with Crippen LogP contribution in [0.5, 0.6) is 5.75 Å². The largest absolute Gasteiger partial charge is 0.495 e. The molecule has 1 amide bonds. The first-order valence-corrected chi connectivity index (χ1v) is 12.2. The predicted molar refractivity (Wildman–Crippen MR) is 128 cm³/mol. The maximum absolute atomic E-state index is 13.5. The quantitative estimate of drug-likeness (QED) is 0.290. The molecule has 36 heavy (non-hydrogen) atoms. The highest BCUT2D eigenvalue weighted by molar-refractivity contribution is 7.92. The number of carbonyl (C=O) groups is 2. The fourth-order valence-electron chi connectivity index (χ4n) is 3.66. The number of nitrogens with two attached hydrogens (primary N) is 1. The predicted octanol–water partition coefficient (Wildman–Crippen LogP) is 3.84. The molecule has 0 fully saturated rings. The third-order valence-electron chi connectivity index (χ3n) is 5.24. The first-order chi connectivity index (χ1) is 17.1. The summed E-state index contributed by atoms with van der Waals surface area (Å²) in [4.78, 5) is 28.0. The first kappa shape index (κ1) is 24.7. The van der Waals surface area contributed by atoms with Gasteiger partial charge in [0.05, 0.1) is 25.6 Å². The van der Waals surface area contributed by atoms with Gasteiger partial charge in [0.2, 0.25) is 10.0 Å². The Morgan fingerprint density at radius 2 is 1.78 bits per heavy atom. The molecule has 0 aliphatic heterocycles. The molecule has 4 rings (SSSR count). The van der Waals surface area contributed by atoms with E-state index in [-0.39, 0.29) is 40.3 Å². The number of rotatable bonds is 7. The Morgan fingerprint density at radius 1 is 1.11 bits per heavy atom. The van der Waals surface area contributed by atoms with Crippen molar-refractivity contribution in [2.75, 3.05) is 17.7 Å². The van der Waals surface area contributed by atoms with E-state index in [9.17, 15) is 22.4 Å². The number of amides is 1. The highest BCUT2D eigenvalue weighted by Crippen LogP contribution is 2.41. The second-order valence-electron chi connectivity index (χ2n) is 7.67. The average molecular weight is 514 g/mol. The second kappa shape index (κ2) is 9.66. The van der Waals surface area contributed by atoms with Crippen LogP contribution in [0.15, 0.2) is 65.3 Å². The number of esters is 1. The van der Waals surface area contributed by atoms with Gasteiger partial charge in [-0.2, -0.15) is 0 Å². The van der Waals surface area contributed by atoms with Crippen molar-refractivity contribution in [3.63, 3.8) is 0 Å². The standard InChI is InChI=1S/C24H20FN3O7S/c1-33-20-11-17-19(12-18(20)28(36(2,31)32)13-14-7-9-27-10-8-14)34-22(15-3-5-16(25)6-4-15)21(17)23(29)35-24(26)30/h3-12H,13H2,1-2H3,(H2,26,30). The topological polar surface area (TPSA) is 142 Å². The molecule has 2 aromatic carbocycles. The van der Waals surface area contributed by atoms with E-state index in [1.165, 1.54) is 43.8 Å². The lowest BCUT2D eigenvalue weighted by atomic mass is 10.0. The van der Waals surface area contributed by atoms with Gasteiger partial charge in [-0.25, -0.2) is 22.4 Å². The van der Waals surface area contributed by atoms with E-state index in [0.717, 1.165) is 22.7 Å². The summed E-state index contributed by atoms with van der Waals surface area (Å²) >= 11 is 0. The SMILES string of the molecule is COc1cc2c(C(=O)OC(N)=O)c(-c3ccc(F)cc3)oc2cc1N(Cc1ccncc1)S(C)(=O)=O. The number of furan rings is 1. The Morgan fingerprint density at radius 3 is 2.36 bits per heavy atom. The number of pyridine rings is 1. The number of halogens is 1. The highest BCUT2D eigenvalue weighted by atomic mass is 32.2. The number of benzene rings is 2. The molecule has 186 valence electrons. The number of primary amides is 1. The summed E-state index contributed by atoms with van der Waals surface area (Å²) < 4.78 is 56.1. The number of fused-ring (bicyclic) bond motifs is 1. The van der Waals surface area contributed by atoms with Crippen LogP contribution in [0.1, 0.15) is 15.9 Å². The van der Waals surface area contributed by atoms with Gasteiger partial charge in [-0.15, -0.1) is 0 Å². The molecule has 0 aliphatic rings. The summed E-state index contributed by atoms with van der Waals surface area (Å²) in [6, 6.07) is 11.2. The highest BCUT2D eigenvalue weighted by Gasteiger charge is 2.29. The molecule has 12 heteroatoms. The van der Waals surface area contributed by atoms with Gasteiger partial charge in [-0.05, 0) is 48.0 Å². The summed E-state index contributed by atoms with van der Waals surface area (Å²) in [5, 5.41) is 0.165. The molecule has 0 bridgehead atoms. The molecule has 2 N–H and O–H groups in total. The van der Waals surface area contributed by atoms with Crippen molar-refractivity contribution in [1.29, 1.82) is 0 Å². The zero-order valence-corrected chi connectivity index (χ0v) is 19.9. The molecule has 0 spiro atoms. The molecule has 0 saturated carbocycles. The Labute approximate surface area is 205 Å². The van der Waals surface area contributed by atoms with Crippen LogP contribution in [0.2, 0.25) is 0 Å². The van der Waals surface area contributed by atoms with Gasteiger partial charge in [0.15, 0.2) is 0 Å². The number of hydrogen-bond acceptors (Lipinski definition) is 8. The van der Waals surface area contributed by atoms with Crippen LogP contribution < -0.4 is 14.8 Å². The molecular formula is C24H20FN3O7S. The van der Waals surface area contributed by atoms with Crippen molar-refractivity contribution in [2.45, 2.75) is 6.54 Å². The first-order valence-electron chi connectivity index (χ1n) is 10.4. The van der Waals surface area contributed by atoms with Crippen molar-refractivity contribution >= 4 is 38.7 Å². The monoisotopic (exact) mass is 513 g/mol. The summed E-state index contributed by atoms with van der Waals surface area (Å²) in [5.41, 5.74) is 6.06. The normalized spacial score (nSPS) is 11.3. The van der Waals surface area contributed by atoms with E-state index in [1.54, 1.807) is 12.1 Å². The van der Waals surface area contributed by atoms with Crippen molar-refractivity contribution in [3.8, 4) is 17.1 Å². The summed E-state index contributed by atoms with van der Waals surface area (Å²) in [7, 11) is -2.48. The van der Waals surface area contributed by atoms with E-state index in [1.807, 2.05) is 0 Å². The van der Waals surface area contributed by atoms with Crippen molar-refractivity contribution < 1.29 is 36.3 Å². The lowest BCUT2D eigenvalue weighted by Gasteiger charge is -2.24. The maximum Gasteiger partial charge on any atom is 0.412 e. The number of carbonyl (C=O) groups excluding carboxylic acids is 2. The number of anilines is 1. The van der Waals surface area contributed by atoms with Gasteiger partial charge in [-0.1, -0.05) is 0 Å². The van der Waals surface area contributed by atoms with Gasteiger partial charge < -0.3 is 19.6 Å². The zero-order chi connectivity index (χ0) is 26.0. The molecule has 2 aromatic heterocycles. The average Bonchev–Trinajstić information content (AvgIpc) is 3.20. The smallest absolute Gasteiger partial charge is 0.412 e. The summed E-state index contributed by atoms with van der Waals surface area (Å²) in [5.74, 6) is -1.55. The minimum Gasteiger partial charge on any atom is -0.495 e. The number of sulfonamides is 1. The van der Waals surface area contributed by atoms with Gasteiger partial charge >= 0.3 is 12.1 Å². The molecule has 2 heterocycles. The van der Waals surface area contributed by atoms with Crippen LogP contribution in [0.4, 0.5) is 14.9 Å². The third kappa shape index (κ3) is 4.98. The number of hydrogen-bond donors (Lipinski definition) is 1. The van der Waals surface area contributed by atoms with Crippen LogP contribution in [-0.2, 0) is 21.3 Å². The number of methoxy groups -OCH3 is 1. The van der Waals surface area contributed by atoms with Crippen molar-refractivity contribution in [2.24, 2.45) is 5.73 Å². The summed E-state index contributed by atoms with van der Waals surface area (Å²) in [6.07, 6.45) is 2.78.